The summed E-state index contributed by atoms with van der Waals surface area (Å²) < 4.78 is 0. The molecule has 0 bridgehead atoms. The minimum atomic E-state index is -0.618. The summed E-state index contributed by atoms with van der Waals surface area (Å²) in [5.74, 6) is -0.487. The molecule has 0 aromatic rings. The third-order valence-corrected chi connectivity index (χ3v) is 4.94. The lowest BCUT2D eigenvalue weighted by atomic mass is 9.99. The molecule has 0 amide bonds. The van der Waals surface area contributed by atoms with E-state index in [-0.39, 0.29) is 5.92 Å². The van der Waals surface area contributed by atoms with E-state index >= 15 is 0 Å². The van der Waals surface area contributed by atoms with E-state index in [1.54, 1.807) is 0 Å². The van der Waals surface area contributed by atoms with Crippen molar-refractivity contribution >= 4 is 5.97 Å². The molecule has 2 aliphatic heterocycles. The van der Waals surface area contributed by atoms with Crippen LogP contribution in [-0.4, -0.2) is 59.1 Å². The number of hydrogen-bond acceptors (Lipinski definition) is 3. The third kappa shape index (κ3) is 3.48. The summed E-state index contributed by atoms with van der Waals surface area (Å²) in [4.78, 5) is 16.2. The lowest BCUT2D eigenvalue weighted by molar-refractivity contribution is -0.142. The fraction of sp³-hybridized carbons (Fsp3) is 0.933. The van der Waals surface area contributed by atoms with Gasteiger partial charge in [0.1, 0.15) is 0 Å². The average molecular weight is 268 g/mol. The van der Waals surface area contributed by atoms with Gasteiger partial charge in [0.2, 0.25) is 0 Å². The molecule has 0 spiro atoms. The molecule has 19 heavy (non-hydrogen) atoms. The minimum absolute atomic E-state index is 0.163. The van der Waals surface area contributed by atoms with Crippen LogP contribution in [0.15, 0.2) is 0 Å². The number of hydrogen-bond donors (Lipinski definition) is 1. The van der Waals surface area contributed by atoms with E-state index in [0.29, 0.717) is 18.0 Å². The predicted molar refractivity (Wildman–Crippen MR) is 76.2 cm³/mol. The second-order valence-corrected chi connectivity index (χ2v) is 6.59. The van der Waals surface area contributed by atoms with Gasteiger partial charge in [-0.15, -0.1) is 0 Å². The van der Waals surface area contributed by atoms with E-state index in [9.17, 15) is 9.90 Å². The first-order valence-corrected chi connectivity index (χ1v) is 7.70. The average Bonchev–Trinajstić information content (AvgIpc) is 2.59. The highest BCUT2D eigenvalue weighted by atomic mass is 16.4. The summed E-state index contributed by atoms with van der Waals surface area (Å²) in [5, 5.41) is 9.24. The van der Waals surface area contributed by atoms with Crippen LogP contribution in [0.5, 0.6) is 0 Å². The molecule has 2 rings (SSSR count). The molecule has 0 aromatic heterocycles. The van der Waals surface area contributed by atoms with E-state index in [2.05, 4.69) is 30.6 Å². The highest BCUT2D eigenvalue weighted by molar-refractivity contribution is 5.71. The van der Waals surface area contributed by atoms with Crippen LogP contribution in [0.4, 0.5) is 0 Å². The van der Waals surface area contributed by atoms with Gasteiger partial charge in [0.25, 0.3) is 0 Å². The third-order valence-electron chi connectivity index (χ3n) is 4.94. The van der Waals surface area contributed by atoms with E-state index in [1.807, 2.05) is 0 Å². The van der Waals surface area contributed by atoms with Crippen molar-refractivity contribution in [3.63, 3.8) is 0 Å². The minimum Gasteiger partial charge on any atom is -0.481 e. The highest BCUT2D eigenvalue weighted by Gasteiger charge is 2.37. The maximum absolute atomic E-state index is 11.2. The van der Waals surface area contributed by atoms with Crippen LogP contribution < -0.4 is 0 Å². The van der Waals surface area contributed by atoms with Crippen molar-refractivity contribution in [2.24, 2.45) is 11.8 Å². The summed E-state index contributed by atoms with van der Waals surface area (Å²) >= 11 is 0. The summed E-state index contributed by atoms with van der Waals surface area (Å²) in [6.45, 7) is 10.7. The second kappa shape index (κ2) is 6.23. The molecule has 110 valence electrons. The molecule has 3 atom stereocenters. The van der Waals surface area contributed by atoms with Crippen LogP contribution in [0.25, 0.3) is 0 Å². The van der Waals surface area contributed by atoms with Gasteiger partial charge in [-0.3, -0.25) is 9.69 Å². The molecule has 0 aliphatic carbocycles. The Labute approximate surface area is 116 Å². The molecule has 4 heteroatoms. The summed E-state index contributed by atoms with van der Waals surface area (Å²) in [7, 11) is 0. The molecule has 3 unspecified atom stereocenters. The monoisotopic (exact) mass is 268 g/mol. The van der Waals surface area contributed by atoms with Crippen LogP contribution >= 0.6 is 0 Å². The fourth-order valence-electron chi connectivity index (χ4n) is 3.61. The fourth-order valence-corrected chi connectivity index (χ4v) is 3.61. The maximum atomic E-state index is 11.2. The Balaban J connectivity index is 1.91. The lowest BCUT2D eigenvalue weighted by Crippen LogP contribution is -2.36. The molecule has 1 N–H and O–H groups in total. The maximum Gasteiger partial charge on any atom is 0.308 e. The topological polar surface area (TPSA) is 43.8 Å². The first-order chi connectivity index (χ1) is 8.99. The Morgan fingerprint density at radius 1 is 1.21 bits per heavy atom. The molecule has 2 fully saturated rings. The molecule has 0 aromatic carbocycles. The number of carbonyl (C=O) groups is 1. The molecular weight excluding hydrogens is 240 g/mol. The summed E-state index contributed by atoms with van der Waals surface area (Å²) in [5.41, 5.74) is 0. The SMILES string of the molecule is CC1CN(C2CCCN(C(C)C)CC2)CC1C(=O)O. The van der Waals surface area contributed by atoms with Gasteiger partial charge in [0, 0.05) is 25.2 Å². The Bertz CT molecular complexity index is 319. The molecule has 4 nitrogen and oxygen atoms in total. The van der Waals surface area contributed by atoms with Crippen molar-refractivity contribution in [3.8, 4) is 0 Å². The van der Waals surface area contributed by atoms with E-state index in [4.69, 9.17) is 0 Å². The van der Waals surface area contributed by atoms with Gasteiger partial charge in [0.15, 0.2) is 0 Å². The molecule has 0 saturated carbocycles. The first-order valence-electron chi connectivity index (χ1n) is 7.70. The van der Waals surface area contributed by atoms with Gasteiger partial charge in [-0.05, 0) is 52.1 Å². The van der Waals surface area contributed by atoms with E-state index in [0.717, 1.165) is 19.6 Å². The Morgan fingerprint density at radius 3 is 2.53 bits per heavy atom. The van der Waals surface area contributed by atoms with Gasteiger partial charge in [-0.25, -0.2) is 0 Å². The Morgan fingerprint density at radius 2 is 1.95 bits per heavy atom. The number of carboxylic acid groups (broad SMARTS) is 1. The number of aliphatic carboxylic acids is 1. The second-order valence-electron chi connectivity index (χ2n) is 6.59. The number of likely N-dealkylation sites (tertiary alicyclic amines) is 2. The normalized spacial score (nSPS) is 34.6. The zero-order valence-corrected chi connectivity index (χ0v) is 12.5. The van der Waals surface area contributed by atoms with E-state index < -0.39 is 5.97 Å². The number of carboxylic acids is 1. The predicted octanol–water partition coefficient (Wildman–Crippen LogP) is 1.90. The Hall–Kier alpha value is -0.610. The number of nitrogens with zero attached hydrogens (tertiary/aromatic N) is 2. The Kier molecular flexibility index (Phi) is 4.85. The van der Waals surface area contributed by atoms with Crippen LogP contribution in [0.1, 0.15) is 40.0 Å². The van der Waals surface area contributed by atoms with Crippen molar-refractivity contribution in [3.05, 3.63) is 0 Å². The van der Waals surface area contributed by atoms with Crippen molar-refractivity contribution in [2.75, 3.05) is 26.2 Å². The molecule has 2 saturated heterocycles. The van der Waals surface area contributed by atoms with Crippen LogP contribution in [-0.2, 0) is 4.79 Å². The zero-order valence-electron chi connectivity index (χ0n) is 12.5. The quantitative estimate of drug-likeness (QED) is 0.849. The van der Waals surface area contributed by atoms with Gasteiger partial charge < -0.3 is 10.0 Å². The molecule has 2 aliphatic rings. The van der Waals surface area contributed by atoms with Crippen molar-refractivity contribution in [2.45, 2.75) is 52.1 Å². The van der Waals surface area contributed by atoms with Gasteiger partial charge in [0.05, 0.1) is 5.92 Å². The zero-order chi connectivity index (χ0) is 14.0. The van der Waals surface area contributed by atoms with Gasteiger partial charge in [-0.1, -0.05) is 6.92 Å². The van der Waals surface area contributed by atoms with Crippen LogP contribution in [0, 0.1) is 11.8 Å². The number of rotatable bonds is 3. The molecule has 0 radical (unpaired) electrons. The van der Waals surface area contributed by atoms with E-state index in [1.165, 1.54) is 25.8 Å². The smallest absolute Gasteiger partial charge is 0.308 e. The standard InChI is InChI=1S/C15H28N2O2/c1-11(2)16-7-4-5-13(6-8-16)17-9-12(3)14(10-17)15(18)19/h11-14H,4-10H2,1-3H3,(H,18,19). The molecule has 2 heterocycles. The largest absolute Gasteiger partial charge is 0.481 e. The van der Waals surface area contributed by atoms with Crippen LogP contribution in [0.3, 0.4) is 0 Å². The molecular formula is C15H28N2O2. The summed E-state index contributed by atoms with van der Waals surface area (Å²) in [6.07, 6.45) is 3.66. The lowest BCUT2D eigenvalue weighted by Gasteiger charge is -2.28. The highest BCUT2D eigenvalue weighted by Crippen LogP contribution is 2.28. The first kappa shape index (κ1) is 14.8. The van der Waals surface area contributed by atoms with Crippen molar-refractivity contribution in [1.29, 1.82) is 0 Å². The van der Waals surface area contributed by atoms with Gasteiger partial charge in [-0.2, -0.15) is 0 Å². The van der Waals surface area contributed by atoms with Crippen LogP contribution in [0.2, 0.25) is 0 Å². The summed E-state index contributed by atoms with van der Waals surface area (Å²) in [6, 6.07) is 1.22. The van der Waals surface area contributed by atoms with Gasteiger partial charge >= 0.3 is 5.97 Å². The van der Waals surface area contributed by atoms with Crippen molar-refractivity contribution in [1.82, 2.24) is 9.80 Å². The van der Waals surface area contributed by atoms with Crippen molar-refractivity contribution < 1.29 is 9.90 Å².